The predicted molar refractivity (Wildman–Crippen MR) is 122 cm³/mol. The number of nitrogens with two attached hydrogens (primary N) is 1. The molecule has 0 saturated carbocycles. The summed E-state index contributed by atoms with van der Waals surface area (Å²) >= 11 is 0. The first-order chi connectivity index (χ1) is 14.8. The van der Waals surface area contributed by atoms with Crippen LogP contribution in [0.3, 0.4) is 0 Å². The Balaban J connectivity index is 1.79. The third-order valence-electron chi connectivity index (χ3n) is 6.06. The predicted octanol–water partition coefficient (Wildman–Crippen LogP) is 4.76. The van der Waals surface area contributed by atoms with E-state index in [0.29, 0.717) is 17.9 Å². The van der Waals surface area contributed by atoms with E-state index in [1.807, 2.05) is 31.2 Å². The smallest absolute Gasteiger partial charge is 0.407 e. The van der Waals surface area contributed by atoms with E-state index in [4.69, 9.17) is 5.73 Å². The first-order valence-electron chi connectivity index (χ1n) is 10.5. The molecule has 31 heavy (non-hydrogen) atoms. The van der Waals surface area contributed by atoms with Crippen molar-refractivity contribution in [3.05, 3.63) is 54.0 Å². The van der Waals surface area contributed by atoms with Gasteiger partial charge in [-0.25, -0.2) is 14.2 Å². The van der Waals surface area contributed by atoms with Crippen LogP contribution in [0.4, 0.5) is 20.7 Å². The minimum atomic E-state index is -0.918. The molecule has 1 saturated heterocycles. The van der Waals surface area contributed by atoms with E-state index in [2.05, 4.69) is 9.88 Å². The molecular weight excluding hydrogens is 395 g/mol. The molecule has 1 amide bonds. The molecule has 2 heterocycles. The minimum absolute atomic E-state index is 0.225. The van der Waals surface area contributed by atoms with Gasteiger partial charge in [0.25, 0.3) is 0 Å². The van der Waals surface area contributed by atoms with E-state index in [9.17, 15) is 14.3 Å². The van der Waals surface area contributed by atoms with E-state index in [-0.39, 0.29) is 11.7 Å². The number of rotatable bonds is 4. The lowest BCUT2D eigenvalue weighted by Crippen LogP contribution is -2.41. The number of hydrogen-bond donors (Lipinski definition) is 2. The number of nitrogens with zero attached hydrogens (tertiary/aromatic N) is 3. The maximum Gasteiger partial charge on any atom is 0.407 e. The average Bonchev–Trinajstić information content (AvgIpc) is 2.73. The third kappa shape index (κ3) is 4.26. The molecule has 1 aliphatic rings. The van der Waals surface area contributed by atoms with Crippen LogP contribution in [0.15, 0.2) is 42.6 Å². The fourth-order valence-electron chi connectivity index (χ4n) is 4.55. The van der Waals surface area contributed by atoms with Gasteiger partial charge in [0.2, 0.25) is 0 Å². The van der Waals surface area contributed by atoms with Crippen LogP contribution in [0.5, 0.6) is 0 Å². The zero-order chi connectivity index (χ0) is 22.1. The standard InChI is InChI=1S/C24H27FN4O2/c1-15-5-3-7-20(25)23(15)17-9-18-12-27-22(26)11-19(18)21(10-17)29-8-4-6-16(14-29)13-28(2)24(30)31/h3,5,7,9-12,16H,4,6,8,13-14H2,1-2H3,(H2,26,27)(H,30,31)/t16-/m0/s1. The van der Waals surface area contributed by atoms with Gasteiger partial charge in [0.05, 0.1) is 0 Å². The van der Waals surface area contributed by atoms with Gasteiger partial charge in [-0.05, 0) is 61.1 Å². The maximum absolute atomic E-state index is 14.7. The summed E-state index contributed by atoms with van der Waals surface area (Å²) in [6.07, 6.45) is 2.75. The third-order valence-corrected chi connectivity index (χ3v) is 6.06. The van der Waals surface area contributed by atoms with Crippen LogP contribution in [0.2, 0.25) is 0 Å². The lowest BCUT2D eigenvalue weighted by atomic mass is 9.93. The van der Waals surface area contributed by atoms with Crippen molar-refractivity contribution in [3.8, 4) is 11.1 Å². The number of hydrogen-bond acceptors (Lipinski definition) is 4. The Morgan fingerprint density at radius 2 is 2.16 bits per heavy atom. The van der Waals surface area contributed by atoms with Gasteiger partial charge in [-0.15, -0.1) is 0 Å². The Hall–Kier alpha value is -3.35. The summed E-state index contributed by atoms with van der Waals surface area (Å²) in [5.74, 6) is 0.402. The molecule has 3 aromatic rings. The van der Waals surface area contributed by atoms with Gasteiger partial charge in [-0.1, -0.05) is 12.1 Å². The SMILES string of the molecule is Cc1cccc(F)c1-c1cc(N2CCC[C@@H](CN(C)C(=O)O)C2)c2cc(N)ncc2c1. The van der Waals surface area contributed by atoms with E-state index in [1.54, 1.807) is 19.3 Å². The van der Waals surface area contributed by atoms with Crippen molar-refractivity contribution in [1.82, 2.24) is 9.88 Å². The molecule has 3 N–H and O–H groups in total. The van der Waals surface area contributed by atoms with Gasteiger partial charge in [-0.3, -0.25) is 0 Å². The summed E-state index contributed by atoms with van der Waals surface area (Å²) in [4.78, 5) is 19.1. The number of nitrogen functional groups attached to an aromatic ring is 1. The molecule has 162 valence electrons. The fraction of sp³-hybridized carbons (Fsp3) is 0.333. The van der Waals surface area contributed by atoms with Gasteiger partial charge in [0.1, 0.15) is 11.6 Å². The van der Waals surface area contributed by atoms with Crippen LogP contribution < -0.4 is 10.6 Å². The van der Waals surface area contributed by atoms with Crippen LogP contribution in [0.1, 0.15) is 18.4 Å². The van der Waals surface area contributed by atoms with E-state index in [1.165, 1.54) is 11.0 Å². The highest BCUT2D eigenvalue weighted by Gasteiger charge is 2.25. The molecule has 1 fully saturated rings. The second kappa shape index (κ2) is 8.41. The number of anilines is 2. The monoisotopic (exact) mass is 422 g/mol. The number of aromatic nitrogens is 1. The second-order valence-electron chi connectivity index (χ2n) is 8.37. The maximum atomic E-state index is 14.7. The van der Waals surface area contributed by atoms with Crippen LogP contribution in [-0.4, -0.2) is 47.8 Å². The van der Waals surface area contributed by atoms with Crippen LogP contribution in [-0.2, 0) is 0 Å². The zero-order valence-electron chi connectivity index (χ0n) is 17.8. The van der Waals surface area contributed by atoms with Crippen molar-refractivity contribution in [2.24, 2.45) is 5.92 Å². The molecule has 2 aromatic carbocycles. The van der Waals surface area contributed by atoms with Gasteiger partial charge >= 0.3 is 6.09 Å². The summed E-state index contributed by atoms with van der Waals surface area (Å²) in [5, 5.41) is 11.1. The lowest BCUT2D eigenvalue weighted by Gasteiger charge is -2.36. The normalized spacial score (nSPS) is 16.5. The molecule has 1 atom stereocenters. The first kappa shape index (κ1) is 20.9. The average molecular weight is 423 g/mol. The highest BCUT2D eigenvalue weighted by molar-refractivity contribution is 5.99. The molecule has 4 rings (SSSR count). The summed E-state index contributed by atoms with van der Waals surface area (Å²) in [6, 6.07) is 10.9. The number of amides is 1. The minimum Gasteiger partial charge on any atom is -0.465 e. The van der Waals surface area contributed by atoms with Crippen molar-refractivity contribution in [1.29, 1.82) is 0 Å². The van der Waals surface area contributed by atoms with E-state index < -0.39 is 6.09 Å². The van der Waals surface area contributed by atoms with Gasteiger partial charge in [0.15, 0.2) is 0 Å². The molecule has 7 heteroatoms. The Morgan fingerprint density at radius 3 is 2.90 bits per heavy atom. The van der Waals surface area contributed by atoms with Gasteiger partial charge in [-0.2, -0.15) is 0 Å². The molecule has 0 spiro atoms. The molecule has 6 nitrogen and oxygen atoms in total. The number of carbonyl (C=O) groups is 1. The van der Waals surface area contributed by atoms with Crippen molar-refractivity contribution in [3.63, 3.8) is 0 Å². The Bertz CT molecular complexity index is 1110. The first-order valence-corrected chi connectivity index (χ1v) is 10.5. The number of piperidine rings is 1. The van der Waals surface area contributed by atoms with Crippen LogP contribution in [0.25, 0.3) is 21.9 Å². The number of pyridine rings is 1. The van der Waals surface area contributed by atoms with E-state index >= 15 is 0 Å². The molecule has 1 aromatic heterocycles. The molecule has 0 aliphatic carbocycles. The zero-order valence-corrected chi connectivity index (χ0v) is 17.8. The molecule has 0 bridgehead atoms. The number of carboxylic acid groups (broad SMARTS) is 1. The van der Waals surface area contributed by atoms with Crippen molar-refractivity contribution in [2.75, 3.05) is 37.3 Å². The van der Waals surface area contributed by atoms with Gasteiger partial charge < -0.3 is 20.6 Å². The quantitative estimate of drug-likeness (QED) is 0.634. The molecule has 1 aliphatic heterocycles. The molecule has 0 unspecified atom stereocenters. The highest BCUT2D eigenvalue weighted by atomic mass is 19.1. The number of aryl methyl sites for hydroxylation is 1. The van der Waals surface area contributed by atoms with Gasteiger partial charge in [0, 0.05) is 54.9 Å². The summed E-state index contributed by atoms with van der Waals surface area (Å²) < 4.78 is 14.7. The second-order valence-corrected chi connectivity index (χ2v) is 8.37. The Kier molecular flexibility index (Phi) is 5.67. The van der Waals surface area contributed by atoms with Crippen LogP contribution >= 0.6 is 0 Å². The number of benzene rings is 2. The van der Waals surface area contributed by atoms with Crippen LogP contribution in [0, 0.1) is 18.7 Å². The largest absolute Gasteiger partial charge is 0.465 e. The highest BCUT2D eigenvalue weighted by Crippen LogP contribution is 2.37. The van der Waals surface area contributed by atoms with E-state index in [0.717, 1.165) is 53.5 Å². The summed E-state index contributed by atoms with van der Waals surface area (Å²) in [7, 11) is 1.60. The van der Waals surface area contributed by atoms with Crippen molar-refractivity contribution in [2.45, 2.75) is 19.8 Å². The topological polar surface area (TPSA) is 82.7 Å². The molecular formula is C24H27FN4O2. The van der Waals surface area contributed by atoms with Crippen molar-refractivity contribution < 1.29 is 14.3 Å². The molecule has 0 radical (unpaired) electrons. The number of fused-ring (bicyclic) bond motifs is 1. The Morgan fingerprint density at radius 1 is 1.35 bits per heavy atom. The summed E-state index contributed by atoms with van der Waals surface area (Å²) in [6.45, 7) is 3.97. The summed E-state index contributed by atoms with van der Waals surface area (Å²) in [5.41, 5.74) is 9.22. The van der Waals surface area contributed by atoms with Crippen molar-refractivity contribution >= 4 is 28.4 Å². The lowest BCUT2D eigenvalue weighted by molar-refractivity contribution is 0.146. The fourth-order valence-corrected chi connectivity index (χ4v) is 4.55. The number of halogens is 1. The Labute approximate surface area is 181 Å².